The van der Waals surface area contributed by atoms with E-state index in [1.165, 1.54) is 17.2 Å². The van der Waals surface area contributed by atoms with Crippen LogP contribution in [0.3, 0.4) is 0 Å². The number of carbonyl (C=O) groups excluding carboxylic acids is 1. The first-order chi connectivity index (χ1) is 12.8. The molecule has 3 heterocycles. The topological polar surface area (TPSA) is 166 Å². The van der Waals surface area contributed by atoms with Crippen molar-refractivity contribution in [2.75, 3.05) is 6.61 Å². The van der Waals surface area contributed by atoms with Crippen LogP contribution in [0.25, 0.3) is 11.2 Å². The maximum atomic E-state index is 12.0. The van der Waals surface area contributed by atoms with Gasteiger partial charge in [0, 0.05) is 0 Å². The Morgan fingerprint density at radius 2 is 2.19 bits per heavy atom. The van der Waals surface area contributed by atoms with Crippen molar-refractivity contribution >= 4 is 17.1 Å². The van der Waals surface area contributed by atoms with E-state index < -0.39 is 42.1 Å². The summed E-state index contributed by atoms with van der Waals surface area (Å²) in [5.74, 6) is -0.647. The lowest BCUT2D eigenvalue weighted by Gasteiger charge is -2.19. The van der Waals surface area contributed by atoms with Crippen molar-refractivity contribution in [1.29, 1.82) is 0 Å². The molecule has 11 nitrogen and oxygen atoms in total. The minimum atomic E-state index is -1.32. The molecule has 1 saturated heterocycles. The van der Waals surface area contributed by atoms with Gasteiger partial charge < -0.3 is 30.4 Å². The van der Waals surface area contributed by atoms with Crippen LogP contribution in [0.2, 0.25) is 0 Å². The number of nitrogens with zero attached hydrogens (tertiary/aromatic N) is 3. The zero-order chi connectivity index (χ0) is 19.7. The second kappa shape index (κ2) is 7.72. The molecule has 0 radical (unpaired) electrons. The fourth-order valence-corrected chi connectivity index (χ4v) is 2.89. The molecular weight excluding hydrogens is 358 g/mol. The summed E-state index contributed by atoms with van der Waals surface area (Å²) < 4.78 is 12.1. The van der Waals surface area contributed by atoms with Crippen LogP contribution in [-0.4, -0.2) is 66.7 Å². The van der Waals surface area contributed by atoms with Gasteiger partial charge in [-0.15, -0.1) is 0 Å². The number of hydrogen-bond donors (Lipinski definition) is 4. The number of imidazole rings is 1. The molecule has 3 rings (SSSR count). The average Bonchev–Trinajstić information content (AvgIpc) is 3.21. The Balaban J connectivity index is 1.71. The second-order valence-electron chi connectivity index (χ2n) is 6.64. The number of ether oxygens (including phenoxy) is 2. The molecule has 0 spiro atoms. The molecule has 1 aliphatic rings. The molecule has 27 heavy (non-hydrogen) atoms. The number of aliphatic hydroxyl groups is 2. The highest BCUT2D eigenvalue weighted by molar-refractivity contribution is 5.75. The minimum absolute atomic E-state index is 0.0493. The SMILES string of the molecule is CC[C@H](C)[C@H](N)C(=O)OC[C@H]1O[C@@H](n2cnc3c(=O)[nH]cnc32)[C@H](O)[C@@H]1O. The molecule has 6 atom stereocenters. The summed E-state index contributed by atoms with van der Waals surface area (Å²) in [7, 11) is 0. The van der Waals surface area contributed by atoms with Crippen LogP contribution in [0, 0.1) is 5.92 Å². The summed E-state index contributed by atoms with van der Waals surface area (Å²) in [5.41, 5.74) is 5.67. The van der Waals surface area contributed by atoms with Crippen LogP contribution < -0.4 is 11.3 Å². The van der Waals surface area contributed by atoms with Crippen molar-refractivity contribution in [3.05, 3.63) is 23.0 Å². The molecule has 5 N–H and O–H groups in total. The summed E-state index contributed by atoms with van der Waals surface area (Å²) in [6.07, 6.45) is -1.41. The van der Waals surface area contributed by atoms with Crippen LogP contribution in [0.5, 0.6) is 0 Å². The van der Waals surface area contributed by atoms with E-state index in [-0.39, 0.29) is 23.7 Å². The lowest BCUT2D eigenvalue weighted by Crippen LogP contribution is -2.40. The number of hydrogen-bond acceptors (Lipinski definition) is 9. The number of nitrogens with two attached hydrogens (primary N) is 1. The van der Waals surface area contributed by atoms with Gasteiger partial charge in [0.05, 0.1) is 12.7 Å². The standard InChI is InChI=1S/C16H23N5O6/c1-3-7(2)9(17)16(25)26-4-8-11(22)12(23)15(27-8)21-6-20-10-13(21)18-5-19-14(10)24/h5-9,11-12,15,22-23H,3-4,17H2,1-2H3,(H,18,19,24)/t7-,8+,9-,11+,12+,15+/m0/s1. The number of aromatic nitrogens is 4. The Bertz CT molecular complexity index is 866. The van der Waals surface area contributed by atoms with Crippen LogP contribution in [0.15, 0.2) is 17.4 Å². The highest BCUT2D eigenvalue weighted by Crippen LogP contribution is 2.31. The van der Waals surface area contributed by atoms with E-state index in [9.17, 15) is 19.8 Å². The number of aromatic amines is 1. The molecular formula is C16H23N5O6. The zero-order valence-corrected chi connectivity index (χ0v) is 15.0. The minimum Gasteiger partial charge on any atom is -0.462 e. The van der Waals surface area contributed by atoms with Crippen LogP contribution in [0.1, 0.15) is 26.5 Å². The van der Waals surface area contributed by atoms with Gasteiger partial charge >= 0.3 is 5.97 Å². The number of nitrogens with one attached hydrogen (secondary N) is 1. The lowest BCUT2D eigenvalue weighted by molar-refractivity contribution is -0.152. The van der Waals surface area contributed by atoms with E-state index in [4.69, 9.17) is 15.2 Å². The molecule has 0 aromatic carbocycles. The summed E-state index contributed by atoms with van der Waals surface area (Å²) in [4.78, 5) is 34.1. The highest BCUT2D eigenvalue weighted by Gasteiger charge is 2.45. The predicted molar refractivity (Wildman–Crippen MR) is 92.5 cm³/mol. The van der Waals surface area contributed by atoms with Gasteiger partial charge in [0.15, 0.2) is 17.4 Å². The summed E-state index contributed by atoms with van der Waals surface area (Å²) >= 11 is 0. The fraction of sp³-hybridized carbons (Fsp3) is 0.625. The molecule has 0 saturated carbocycles. The fourth-order valence-electron chi connectivity index (χ4n) is 2.89. The van der Waals surface area contributed by atoms with E-state index in [1.807, 2.05) is 13.8 Å². The quantitative estimate of drug-likeness (QED) is 0.443. The maximum Gasteiger partial charge on any atom is 0.323 e. The Morgan fingerprint density at radius 3 is 2.89 bits per heavy atom. The first kappa shape index (κ1) is 19.4. The average molecular weight is 381 g/mol. The number of aliphatic hydroxyl groups excluding tert-OH is 2. The largest absolute Gasteiger partial charge is 0.462 e. The number of fused-ring (bicyclic) bond motifs is 1. The monoisotopic (exact) mass is 381 g/mol. The lowest BCUT2D eigenvalue weighted by atomic mass is 10.0. The molecule has 0 amide bonds. The van der Waals surface area contributed by atoms with E-state index in [2.05, 4.69) is 15.0 Å². The van der Waals surface area contributed by atoms with Crippen molar-refractivity contribution in [2.45, 2.75) is 50.8 Å². The van der Waals surface area contributed by atoms with Gasteiger partial charge in [0.25, 0.3) is 5.56 Å². The van der Waals surface area contributed by atoms with E-state index >= 15 is 0 Å². The van der Waals surface area contributed by atoms with Crippen LogP contribution >= 0.6 is 0 Å². The summed E-state index contributed by atoms with van der Waals surface area (Å²) in [5, 5.41) is 20.6. The summed E-state index contributed by atoms with van der Waals surface area (Å²) in [6, 6.07) is -0.775. The maximum absolute atomic E-state index is 12.0. The van der Waals surface area contributed by atoms with Gasteiger partial charge in [0.2, 0.25) is 0 Å². The Morgan fingerprint density at radius 1 is 1.44 bits per heavy atom. The molecule has 11 heteroatoms. The zero-order valence-electron chi connectivity index (χ0n) is 15.0. The van der Waals surface area contributed by atoms with Gasteiger partial charge in [-0.3, -0.25) is 14.2 Å². The van der Waals surface area contributed by atoms with E-state index in [0.29, 0.717) is 0 Å². The van der Waals surface area contributed by atoms with Crippen molar-refractivity contribution < 1.29 is 24.5 Å². The molecule has 148 valence electrons. The van der Waals surface area contributed by atoms with E-state index in [0.717, 1.165) is 6.42 Å². The molecule has 0 aliphatic carbocycles. The second-order valence-corrected chi connectivity index (χ2v) is 6.64. The number of rotatable bonds is 6. The first-order valence-electron chi connectivity index (χ1n) is 8.69. The van der Waals surface area contributed by atoms with Gasteiger partial charge in [-0.25, -0.2) is 9.97 Å². The Labute approximate surface area is 154 Å². The molecule has 2 aromatic heterocycles. The normalized spacial score (nSPS) is 27.6. The smallest absolute Gasteiger partial charge is 0.323 e. The van der Waals surface area contributed by atoms with Crippen molar-refractivity contribution in [3.8, 4) is 0 Å². The van der Waals surface area contributed by atoms with Crippen molar-refractivity contribution in [3.63, 3.8) is 0 Å². The number of esters is 1. The number of carbonyl (C=O) groups is 1. The third-order valence-corrected chi connectivity index (χ3v) is 4.90. The van der Waals surface area contributed by atoms with E-state index in [1.54, 1.807) is 0 Å². The molecule has 1 aliphatic heterocycles. The number of H-pyrrole nitrogens is 1. The van der Waals surface area contributed by atoms with Gasteiger partial charge in [-0.1, -0.05) is 20.3 Å². The molecule has 0 bridgehead atoms. The highest BCUT2D eigenvalue weighted by atomic mass is 16.6. The molecule has 2 aromatic rings. The third kappa shape index (κ3) is 3.58. The van der Waals surface area contributed by atoms with Crippen molar-refractivity contribution in [1.82, 2.24) is 19.5 Å². The van der Waals surface area contributed by atoms with Crippen LogP contribution in [-0.2, 0) is 14.3 Å². The van der Waals surface area contributed by atoms with Gasteiger partial charge in [-0.2, -0.15) is 0 Å². The summed E-state index contributed by atoms with van der Waals surface area (Å²) in [6.45, 7) is 3.49. The van der Waals surface area contributed by atoms with Gasteiger partial charge in [-0.05, 0) is 5.92 Å². The van der Waals surface area contributed by atoms with Crippen LogP contribution in [0.4, 0.5) is 0 Å². The third-order valence-electron chi connectivity index (χ3n) is 4.90. The molecule has 1 fully saturated rings. The first-order valence-corrected chi connectivity index (χ1v) is 8.69. The Kier molecular flexibility index (Phi) is 5.56. The molecule has 0 unspecified atom stereocenters. The van der Waals surface area contributed by atoms with Crippen molar-refractivity contribution in [2.24, 2.45) is 11.7 Å². The predicted octanol–water partition coefficient (Wildman–Crippen LogP) is -1.34. The van der Waals surface area contributed by atoms with Gasteiger partial charge in [0.1, 0.15) is 31.0 Å². The Hall–Kier alpha value is -2.34.